The van der Waals surface area contributed by atoms with Gasteiger partial charge in [0.25, 0.3) is 5.56 Å². The third-order valence-electron chi connectivity index (χ3n) is 6.93. The second-order valence-electron chi connectivity index (χ2n) is 9.53. The number of pyridine rings is 2. The molecule has 1 unspecified atom stereocenters. The van der Waals surface area contributed by atoms with Crippen molar-refractivity contribution in [3.8, 4) is 12.1 Å². The lowest BCUT2D eigenvalue weighted by Gasteiger charge is -2.44. The van der Waals surface area contributed by atoms with Gasteiger partial charge in [0.05, 0.1) is 11.2 Å². The first kappa shape index (κ1) is 24.7. The van der Waals surface area contributed by atoms with E-state index >= 15 is 0 Å². The molecular formula is C26H29N6O2P. The molecule has 35 heavy (non-hydrogen) atoms. The molecule has 9 heteroatoms. The van der Waals surface area contributed by atoms with Crippen molar-refractivity contribution in [1.29, 1.82) is 10.5 Å². The first-order valence-electron chi connectivity index (χ1n) is 11.6. The van der Waals surface area contributed by atoms with Gasteiger partial charge < -0.3 is 14.0 Å². The molecule has 0 radical (unpaired) electrons. The maximum absolute atomic E-state index is 13.0. The van der Waals surface area contributed by atoms with E-state index in [-0.39, 0.29) is 28.9 Å². The number of hydrogen-bond acceptors (Lipinski definition) is 7. The molecule has 1 aliphatic heterocycles. The third-order valence-corrected chi connectivity index (χ3v) is 8.47. The number of hydrogen-bond donors (Lipinski definition) is 0. The molecule has 4 rings (SSSR count). The van der Waals surface area contributed by atoms with E-state index in [0.29, 0.717) is 23.3 Å². The van der Waals surface area contributed by atoms with Gasteiger partial charge in [-0.2, -0.15) is 10.5 Å². The van der Waals surface area contributed by atoms with E-state index < -0.39 is 7.14 Å². The molecule has 0 bridgehead atoms. The third kappa shape index (κ3) is 4.48. The molecule has 1 aromatic carbocycles. The van der Waals surface area contributed by atoms with Gasteiger partial charge in [0.15, 0.2) is 0 Å². The van der Waals surface area contributed by atoms with Gasteiger partial charge in [-0.05, 0) is 44.9 Å². The first-order chi connectivity index (χ1) is 16.6. The average molecular weight is 489 g/mol. The van der Waals surface area contributed by atoms with E-state index in [1.807, 2.05) is 24.3 Å². The fourth-order valence-corrected chi connectivity index (χ4v) is 5.70. The van der Waals surface area contributed by atoms with E-state index in [9.17, 15) is 19.9 Å². The Labute approximate surface area is 205 Å². The lowest BCUT2D eigenvalue weighted by molar-refractivity contribution is 0.176. The minimum absolute atomic E-state index is 0.00641. The van der Waals surface area contributed by atoms with Crippen LogP contribution in [0.15, 0.2) is 41.2 Å². The lowest BCUT2D eigenvalue weighted by atomic mass is 10.0. The molecule has 1 saturated heterocycles. The zero-order valence-corrected chi connectivity index (χ0v) is 21.6. The van der Waals surface area contributed by atoms with Crippen LogP contribution in [-0.2, 0) is 11.6 Å². The van der Waals surface area contributed by atoms with Crippen molar-refractivity contribution in [2.24, 2.45) is 7.05 Å². The Morgan fingerprint density at radius 2 is 1.77 bits per heavy atom. The largest absolute Gasteiger partial charge is 0.363 e. The Balaban J connectivity index is 1.67. The predicted octanol–water partition coefficient (Wildman–Crippen LogP) is 3.20. The van der Waals surface area contributed by atoms with Crippen LogP contribution in [0.5, 0.6) is 0 Å². The van der Waals surface area contributed by atoms with Crippen LogP contribution in [0.1, 0.15) is 36.7 Å². The van der Waals surface area contributed by atoms with Gasteiger partial charge >= 0.3 is 0 Å². The summed E-state index contributed by atoms with van der Waals surface area (Å²) in [6.45, 7) is 9.84. The molecule has 0 spiro atoms. The normalized spacial score (nSPS) is 17.7. The van der Waals surface area contributed by atoms with Crippen LogP contribution in [0, 0.1) is 22.7 Å². The number of aromatic nitrogens is 2. The molecule has 1 fully saturated rings. The van der Waals surface area contributed by atoms with Crippen LogP contribution in [0.4, 0.5) is 5.69 Å². The average Bonchev–Trinajstić information content (AvgIpc) is 2.85. The molecule has 0 saturated carbocycles. The van der Waals surface area contributed by atoms with Gasteiger partial charge in [-0.25, -0.2) is 4.98 Å². The highest BCUT2D eigenvalue weighted by atomic mass is 31.2. The van der Waals surface area contributed by atoms with E-state index in [0.717, 1.165) is 24.0 Å². The van der Waals surface area contributed by atoms with Gasteiger partial charge in [0, 0.05) is 44.1 Å². The van der Waals surface area contributed by atoms with Crippen LogP contribution >= 0.6 is 7.14 Å². The minimum atomic E-state index is -2.29. The number of piperazine rings is 1. The number of benzene rings is 1. The smallest absolute Gasteiger partial charge is 0.270 e. The van der Waals surface area contributed by atoms with E-state index in [1.54, 1.807) is 32.5 Å². The highest BCUT2D eigenvalue weighted by Gasteiger charge is 2.31. The first-order valence-corrected chi connectivity index (χ1v) is 14.2. The van der Waals surface area contributed by atoms with E-state index in [1.165, 1.54) is 4.57 Å². The highest BCUT2D eigenvalue weighted by Crippen LogP contribution is 2.35. The second-order valence-corrected chi connectivity index (χ2v) is 12.7. The summed E-state index contributed by atoms with van der Waals surface area (Å²) >= 11 is 0. The molecule has 0 aliphatic carbocycles. The molecule has 2 atom stereocenters. The summed E-state index contributed by atoms with van der Waals surface area (Å²) in [6, 6.07) is 15.6. The van der Waals surface area contributed by atoms with Crippen molar-refractivity contribution >= 4 is 29.2 Å². The predicted molar refractivity (Wildman–Crippen MR) is 139 cm³/mol. The highest BCUT2D eigenvalue weighted by molar-refractivity contribution is 7.70. The fourth-order valence-electron chi connectivity index (χ4n) is 4.83. The van der Waals surface area contributed by atoms with Gasteiger partial charge in [0.2, 0.25) is 0 Å². The monoisotopic (exact) mass is 488 g/mol. The van der Waals surface area contributed by atoms with Gasteiger partial charge in [-0.15, -0.1) is 0 Å². The summed E-state index contributed by atoms with van der Waals surface area (Å²) in [7, 11) is -0.676. The molecule has 1 aliphatic rings. The second kappa shape index (κ2) is 9.30. The quantitative estimate of drug-likeness (QED) is 0.519. The molecule has 180 valence electrons. The van der Waals surface area contributed by atoms with Crippen molar-refractivity contribution in [2.75, 3.05) is 37.9 Å². The van der Waals surface area contributed by atoms with Crippen LogP contribution in [-0.4, -0.2) is 53.5 Å². The number of anilines is 1. The summed E-state index contributed by atoms with van der Waals surface area (Å²) in [5.74, 6) is 0. The molecule has 3 heterocycles. The Morgan fingerprint density at radius 3 is 2.34 bits per heavy atom. The Hall–Kier alpha value is -3.45. The lowest BCUT2D eigenvalue weighted by Crippen LogP contribution is -2.53. The van der Waals surface area contributed by atoms with Crippen LogP contribution in [0.3, 0.4) is 0 Å². The Morgan fingerprint density at radius 1 is 1.09 bits per heavy atom. The molecule has 2 aromatic heterocycles. The SMILES string of the molecule is CC(c1ccc(P(C)(C)=O)cc1)N1CCN(c2c(C#N)c(=O)n(C)c3ccc(C#N)nc23)[C@@H](C)C1. The fraction of sp³-hybridized carbons (Fsp3) is 0.385. The Kier molecular flexibility index (Phi) is 6.56. The summed E-state index contributed by atoms with van der Waals surface area (Å²) in [5.41, 5.74) is 2.68. The van der Waals surface area contributed by atoms with Gasteiger partial charge in [-0.1, -0.05) is 24.3 Å². The van der Waals surface area contributed by atoms with E-state index in [2.05, 4.69) is 40.8 Å². The number of rotatable bonds is 4. The van der Waals surface area contributed by atoms with Crippen LogP contribution in [0.2, 0.25) is 0 Å². The van der Waals surface area contributed by atoms with E-state index in [4.69, 9.17) is 0 Å². The number of fused-ring (bicyclic) bond motifs is 1. The van der Waals surface area contributed by atoms with Crippen molar-refractivity contribution < 1.29 is 4.57 Å². The number of nitriles is 2. The molecule has 0 N–H and O–H groups in total. The number of nitrogens with zero attached hydrogens (tertiary/aromatic N) is 6. The summed E-state index contributed by atoms with van der Waals surface area (Å²) in [6.07, 6.45) is 0. The molecular weight excluding hydrogens is 459 g/mol. The van der Waals surface area contributed by atoms with Crippen LogP contribution in [0.25, 0.3) is 11.0 Å². The Bertz CT molecular complexity index is 1480. The van der Waals surface area contributed by atoms with Crippen molar-refractivity contribution in [3.05, 3.63) is 63.6 Å². The topological polar surface area (TPSA) is 106 Å². The maximum atomic E-state index is 13.0. The van der Waals surface area contributed by atoms with Crippen LogP contribution < -0.4 is 15.8 Å². The van der Waals surface area contributed by atoms with Crippen molar-refractivity contribution in [2.45, 2.75) is 25.9 Å². The minimum Gasteiger partial charge on any atom is -0.363 e. The standard InChI is InChI=1S/C26H29N6O2P/c1-17-16-31(18(2)19-6-9-21(10-7-19)35(4,5)34)12-13-32(17)25-22(15-28)26(33)30(3)23-11-8-20(14-27)29-24(23)25/h6-11,17-18H,12-13,16H2,1-5H3/t17-,18?/m0/s1. The molecule has 8 nitrogen and oxygen atoms in total. The van der Waals surface area contributed by atoms with Crippen molar-refractivity contribution in [1.82, 2.24) is 14.5 Å². The summed E-state index contributed by atoms with van der Waals surface area (Å²) < 4.78 is 13.8. The zero-order valence-electron chi connectivity index (χ0n) is 20.7. The molecule has 3 aromatic rings. The zero-order chi connectivity index (χ0) is 25.5. The van der Waals surface area contributed by atoms with Gasteiger partial charge in [0.1, 0.15) is 36.1 Å². The maximum Gasteiger partial charge on any atom is 0.270 e. The number of aryl methyl sites for hydroxylation is 1. The van der Waals surface area contributed by atoms with Crippen molar-refractivity contribution in [3.63, 3.8) is 0 Å². The molecule has 0 amide bonds. The van der Waals surface area contributed by atoms with Gasteiger partial charge in [-0.3, -0.25) is 9.69 Å². The summed E-state index contributed by atoms with van der Waals surface area (Å²) in [5, 5.41) is 20.1. The summed E-state index contributed by atoms with van der Waals surface area (Å²) in [4.78, 5) is 21.9.